The van der Waals surface area contributed by atoms with Crippen LogP contribution in [0, 0.1) is 0 Å². The standard InChI is InChI=1S/C21H24N4O2/c1-2-6-17-13-24(10-3-7-16(17)5-1)21-23-22-20(18-9-12-26-15-18)25(21)14-19-8-4-11-27-19/h1-2,5-6,9,12,15,19H,3-4,7-8,10-11,13-14H2. The lowest BCUT2D eigenvalue weighted by Gasteiger charge is -2.24. The average molecular weight is 364 g/mol. The third-order valence-corrected chi connectivity index (χ3v) is 5.56. The Morgan fingerprint density at radius 1 is 1.07 bits per heavy atom. The Balaban J connectivity index is 1.51. The molecule has 6 heteroatoms. The van der Waals surface area contributed by atoms with Crippen molar-refractivity contribution < 1.29 is 9.15 Å². The maximum Gasteiger partial charge on any atom is 0.227 e. The van der Waals surface area contributed by atoms with Crippen molar-refractivity contribution in [2.24, 2.45) is 0 Å². The first kappa shape index (κ1) is 16.6. The van der Waals surface area contributed by atoms with Crippen LogP contribution >= 0.6 is 0 Å². The van der Waals surface area contributed by atoms with E-state index in [-0.39, 0.29) is 6.10 Å². The Morgan fingerprint density at radius 3 is 2.81 bits per heavy atom. The fourth-order valence-corrected chi connectivity index (χ4v) is 4.17. The van der Waals surface area contributed by atoms with E-state index in [4.69, 9.17) is 9.15 Å². The summed E-state index contributed by atoms with van der Waals surface area (Å²) in [4.78, 5) is 2.36. The predicted molar refractivity (Wildman–Crippen MR) is 103 cm³/mol. The molecule has 1 fully saturated rings. The second-order valence-corrected chi connectivity index (χ2v) is 7.38. The van der Waals surface area contributed by atoms with Gasteiger partial charge in [-0.1, -0.05) is 24.3 Å². The highest BCUT2D eigenvalue weighted by atomic mass is 16.5. The number of ether oxygens (including phenoxy) is 1. The molecule has 0 N–H and O–H groups in total. The highest BCUT2D eigenvalue weighted by Gasteiger charge is 2.25. The molecule has 0 saturated carbocycles. The predicted octanol–water partition coefficient (Wildman–Crippen LogP) is 3.67. The van der Waals surface area contributed by atoms with E-state index in [9.17, 15) is 0 Å². The molecule has 5 rings (SSSR count). The molecule has 0 aliphatic carbocycles. The molecule has 3 aromatic rings. The highest BCUT2D eigenvalue weighted by molar-refractivity contribution is 5.56. The van der Waals surface area contributed by atoms with E-state index in [1.807, 2.05) is 6.07 Å². The number of anilines is 1. The fourth-order valence-electron chi connectivity index (χ4n) is 4.17. The van der Waals surface area contributed by atoms with Gasteiger partial charge in [-0.25, -0.2) is 0 Å². The molecule has 6 nitrogen and oxygen atoms in total. The first-order valence-corrected chi connectivity index (χ1v) is 9.77. The topological polar surface area (TPSA) is 56.3 Å². The van der Waals surface area contributed by atoms with Crippen LogP contribution in [0.15, 0.2) is 47.3 Å². The van der Waals surface area contributed by atoms with Crippen LogP contribution in [0.3, 0.4) is 0 Å². The Labute approximate surface area is 158 Å². The van der Waals surface area contributed by atoms with Crippen molar-refractivity contribution in [3.63, 3.8) is 0 Å². The van der Waals surface area contributed by atoms with E-state index in [1.165, 1.54) is 11.1 Å². The lowest BCUT2D eigenvalue weighted by Crippen LogP contribution is -2.28. The van der Waals surface area contributed by atoms with Crippen LogP contribution < -0.4 is 4.90 Å². The van der Waals surface area contributed by atoms with E-state index in [1.54, 1.807) is 12.5 Å². The zero-order valence-electron chi connectivity index (χ0n) is 15.4. The third-order valence-electron chi connectivity index (χ3n) is 5.56. The van der Waals surface area contributed by atoms with Crippen LogP contribution in [0.1, 0.15) is 30.4 Å². The van der Waals surface area contributed by atoms with Crippen molar-refractivity contribution in [1.82, 2.24) is 14.8 Å². The Kier molecular flexibility index (Phi) is 4.41. The van der Waals surface area contributed by atoms with E-state index >= 15 is 0 Å². The molecule has 2 aliphatic heterocycles. The molecule has 0 spiro atoms. The van der Waals surface area contributed by atoms with Gasteiger partial charge in [0.2, 0.25) is 5.95 Å². The normalized spacial score (nSPS) is 19.9. The van der Waals surface area contributed by atoms with Crippen LogP contribution in [0.2, 0.25) is 0 Å². The lowest BCUT2D eigenvalue weighted by molar-refractivity contribution is 0.0975. The van der Waals surface area contributed by atoms with Crippen LogP contribution in [-0.4, -0.2) is 34.0 Å². The number of hydrogen-bond donors (Lipinski definition) is 0. The zero-order chi connectivity index (χ0) is 18.1. The van der Waals surface area contributed by atoms with Crippen molar-refractivity contribution >= 4 is 5.95 Å². The summed E-state index contributed by atoms with van der Waals surface area (Å²) in [5.41, 5.74) is 3.79. The van der Waals surface area contributed by atoms with Gasteiger partial charge in [0.25, 0.3) is 0 Å². The summed E-state index contributed by atoms with van der Waals surface area (Å²) in [6.07, 6.45) is 8.08. The number of hydrogen-bond acceptors (Lipinski definition) is 5. The SMILES string of the molecule is c1ccc2c(c1)CCCN(c1nnc(-c3ccoc3)n1CC1CCCO1)C2. The summed E-state index contributed by atoms with van der Waals surface area (Å²) in [7, 11) is 0. The molecule has 2 aromatic heterocycles. The van der Waals surface area contributed by atoms with E-state index in [0.717, 1.165) is 69.3 Å². The largest absolute Gasteiger partial charge is 0.472 e. The molecule has 1 aromatic carbocycles. The van der Waals surface area contributed by atoms with Crippen molar-refractivity contribution in [3.8, 4) is 11.4 Å². The second kappa shape index (κ2) is 7.19. The number of furan rings is 1. The van der Waals surface area contributed by atoms with Crippen LogP contribution in [0.25, 0.3) is 11.4 Å². The first-order chi connectivity index (χ1) is 13.4. The number of fused-ring (bicyclic) bond motifs is 1. The smallest absolute Gasteiger partial charge is 0.227 e. The van der Waals surface area contributed by atoms with E-state index in [0.29, 0.717) is 0 Å². The van der Waals surface area contributed by atoms with Gasteiger partial charge >= 0.3 is 0 Å². The van der Waals surface area contributed by atoms with E-state index < -0.39 is 0 Å². The van der Waals surface area contributed by atoms with Crippen LogP contribution in [0.5, 0.6) is 0 Å². The summed E-state index contributed by atoms with van der Waals surface area (Å²) < 4.78 is 13.4. The number of aryl methyl sites for hydroxylation is 1. The van der Waals surface area contributed by atoms with Gasteiger partial charge in [0.05, 0.1) is 24.5 Å². The van der Waals surface area contributed by atoms with Crippen molar-refractivity contribution in [3.05, 3.63) is 54.0 Å². The molecule has 0 radical (unpaired) electrons. The lowest BCUT2D eigenvalue weighted by atomic mass is 10.0. The molecule has 140 valence electrons. The fraction of sp³-hybridized carbons (Fsp3) is 0.429. The summed E-state index contributed by atoms with van der Waals surface area (Å²) in [5.74, 6) is 1.78. The van der Waals surface area contributed by atoms with Gasteiger partial charge < -0.3 is 14.1 Å². The number of rotatable bonds is 4. The van der Waals surface area contributed by atoms with Crippen LogP contribution in [0.4, 0.5) is 5.95 Å². The average Bonchev–Trinajstić information content (AvgIpc) is 3.42. The third kappa shape index (κ3) is 3.25. The monoisotopic (exact) mass is 364 g/mol. The molecule has 4 heterocycles. The van der Waals surface area contributed by atoms with Gasteiger partial charge in [0, 0.05) is 19.7 Å². The van der Waals surface area contributed by atoms with Gasteiger partial charge in [0.15, 0.2) is 5.82 Å². The maximum atomic E-state index is 5.90. The minimum atomic E-state index is 0.227. The summed E-state index contributed by atoms with van der Waals surface area (Å²) in [6.45, 7) is 3.47. The number of nitrogens with zero attached hydrogens (tertiary/aromatic N) is 4. The Morgan fingerprint density at radius 2 is 2.00 bits per heavy atom. The minimum absolute atomic E-state index is 0.227. The van der Waals surface area contributed by atoms with Gasteiger partial charge in [-0.15, -0.1) is 10.2 Å². The van der Waals surface area contributed by atoms with Gasteiger partial charge in [-0.05, 0) is 42.9 Å². The van der Waals surface area contributed by atoms with Crippen LogP contribution in [-0.2, 0) is 24.2 Å². The summed E-state index contributed by atoms with van der Waals surface area (Å²) in [5, 5.41) is 9.11. The summed E-state index contributed by atoms with van der Waals surface area (Å²) in [6, 6.07) is 10.7. The molecule has 0 bridgehead atoms. The molecular weight excluding hydrogens is 340 g/mol. The van der Waals surface area contributed by atoms with Crippen molar-refractivity contribution in [2.75, 3.05) is 18.1 Å². The molecule has 0 amide bonds. The molecule has 1 saturated heterocycles. The quantitative estimate of drug-likeness (QED) is 0.707. The highest BCUT2D eigenvalue weighted by Crippen LogP contribution is 2.28. The Bertz CT molecular complexity index is 897. The first-order valence-electron chi connectivity index (χ1n) is 9.77. The zero-order valence-corrected chi connectivity index (χ0v) is 15.4. The molecular formula is C21H24N4O2. The maximum absolute atomic E-state index is 5.90. The van der Waals surface area contributed by atoms with Crippen molar-refractivity contribution in [2.45, 2.75) is 44.9 Å². The van der Waals surface area contributed by atoms with Crippen molar-refractivity contribution in [1.29, 1.82) is 0 Å². The summed E-state index contributed by atoms with van der Waals surface area (Å²) >= 11 is 0. The van der Waals surface area contributed by atoms with Gasteiger partial charge in [-0.2, -0.15) is 0 Å². The molecule has 1 unspecified atom stereocenters. The molecule has 2 aliphatic rings. The Hall–Kier alpha value is -2.60. The number of aromatic nitrogens is 3. The molecule has 27 heavy (non-hydrogen) atoms. The van der Waals surface area contributed by atoms with Gasteiger partial charge in [0.1, 0.15) is 6.26 Å². The number of benzene rings is 1. The minimum Gasteiger partial charge on any atom is -0.472 e. The molecule has 1 atom stereocenters. The van der Waals surface area contributed by atoms with Gasteiger partial charge in [-0.3, -0.25) is 4.57 Å². The second-order valence-electron chi connectivity index (χ2n) is 7.38. The van der Waals surface area contributed by atoms with E-state index in [2.05, 4.69) is 43.9 Å².